The van der Waals surface area contributed by atoms with Crippen LogP contribution in [0.15, 0.2) is 28.9 Å². The molecule has 2 rings (SSSR count). The second-order valence-electron chi connectivity index (χ2n) is 4.82. The molecule has 0 spiro atoms. The first-order valence-electron chi connectivity index (χ1n) is 7.09. The van der Waals surface area contributed by atoms with Crippen LogP contribution >= 0.6 is 0 Å². The normalized spacial score (nSPS) is 10.3. The minimum absolute atomic E-state index is 0.208. The molecular weight excluding hydrogens is 284 g/mol. The molecular formula is C15H18N4O3. The van der Waals surface area contributed by atoms with Crippen LogP contribution in [0.1, 0.15) is 46.4 Å². The van der Waals surface area contributed by atoms with Crippen LogP contribution < -0.4 is 10.6 Å². The van der Waals surface area contributed by atoms with Crippen molar-refractivity contribution in [3.05, 3.63) is 41.4 Å². The Kier molecular flexibility index (Phi) is 5.24. The number of unbranched alkanes of at least 4 members (excludes halogenated alkanes) is 1. The lowest BCUT2D eigenvalue weighted by Crippen LogP contribution is -2.25. The zero-order valence-electron chi connectivity index (χ0n) is 12.5. The number of amides is 2. The summed E-state index contributed by atoms with van der Waals surface area (Å²) in [6, 6.07) is 4.59. The van der Waals surface area contributed by atoms with Crippen molar-refractivity contribution in [2.24, 2.45) is 0 Å². The van der Waals surface area contributed by atoms with Crippen LogP contribution in [0.4, 0.5) is 5.82 Å². The van der Waals surface area contributed by atoms with Gasteiger partial charge in [0.1, 0.15) is 11.5 Å². The number of rotatable bonds is 6. The molecule has 2 aromatic heterocycles. The number of pyridine rings is 1. The van der Waals surface area contributed by atoms with Crippen LogP contribution in [0.3, 0.4) is 0 Å². The summed E-state index contributed by atoms with van der Waals surface area (Å²) >= 11 is 0. The molecule has 0 atom stereocenters. The Balaban J connectivity index is 2.04. The molecule has 116 valence electrons. The lowest BCUT2D eigenvalue weighted by molar-refractivity contribution is 0.0948. The summed E-state index contributed by atoms with van der Waals surface area (Å²) in [6.07, 6.45) is 3.32. The van der Waals surface area contributed by atoms with Crippen LogP contribution in [0.2, 0.25) is 0 Å². The molecule has 2 heterocycles. The monoisotopic (exact) mass is 302 g/mol. The number of nitrogens with zero attached hydrogens (tertiary/aromatic N) is 2. The molecule has 0 fully saturated rings. The summed E-state index contributed by atoms with van der Waals surface area (Å²) in [6.45, 7) is 4.36. The van der Waals surface area contributed by atoms with E-state index in [9.17, 15) is 9.59 Å². The number of nitrogens with one attached hydrogen (secondary N) is 2. The van der Waals surface area contributed by atoms with Gasteiger partial charge in [-0.05, 0) is 25.5 Å². The van der Waals surface area contributed by atoms with Crippen molar-refractivity contribution in [3.63, 3.8) is 0 Å². The van der Waals surface area contributed by atoms with E-state index in [4.69, 9.17) is 4.52 Å². The minimum atomic E-state index is -0.377. The summed E-state index contributed by atoms with van der Waals surface area (Å²) in [5.74, 6) is 0.257. The Labute approximate surface area is 128 Å². The average molecular weight is 302 g/mol. The summed E-state index contributed by atoms with van der Waals surface area (Å²) in [5, 5.41) is 9.04. The van der Waals surface area contributed by atoms with E-state index < -0.39 is 0 Å². The van der Waals surface area contributed by atoms with Crippen molar-refractivity contribution in [2.75, 3.05) is 11.9 Å². The SMILES string of the molecule is CCCCNC(=O)c1cc(C(=O)Nc2cc(C)on2)ccn1. The van der Waals surface area contributed by atoms with Crippen LogP contribution in [0.25, 0.3) is 0 Å². The lowest BCUT2D eigenvalue weighted by atomic mass is 10.2. The fraction of sp³-hybridized carbons (Fsp3) is 0.333. The van der Waals surface area contributed by atoms with Crippen LogP contribution in [0.5, 0.6) is 0 Å². The quantitative estimate of drug-likeness (QED) is 0.797. The first-order valence-corrected chi connectivity index (χ1v) is 7.09. The number of hydrogen-bond acceptors (Lipinski definition) is 5. The highest BCUT2D eigenvalue weighted by molar-refractivity contribution is 6.05. The van der Waals surface area contributed by atoms with Gasteiger partial charge in [0.2, 0.25) is 0 Å². The van der Waals surface area contributed by atoms with E-state index in [0.717, 1.165) is 12.8 Å². The Hall–Kier alpha value is -2.70. The molecule has 7 heteroatoms. The minimum Gasteiger partial charge on any atom is -0.360 e. The molecule has 22 heavy (non-hydrogen) atoms. The zero-order chi connectivity index (χ0) is 15.9. The molecule has 7 nitrogen and oxygen atoms in total. The van der Waals surface area contributed by atoms with E-state index in [0.29, 0.717) is 23.7 Å². The molecule has 2 aromatic rings. The Morgan fingerprint density at radius 1 is 1.27 bits per heavy atom. The lowest BCUT2D eigenvalue weighted by Gasteiger charge is -2.05. The summed E-state index contributed by atoms with van der Waals surface area (Å²) in [5.41, 5.74) is 0.538. The molecule has 0 aliphatic heterocycles. The molecule has 2 amide bonds. The second-order valence-corrected chi connectivity index (χ2v) is 4.82. The van der Waals surface area contributed by atoms with E-state index in [1.807, 2.05) is 6.92 Å². The number of hydrogen-bond donors (Lipinski definition) is 2. The number of carbonyl (C=O) groups is 2. The van der Waals surface area contributed by atoms with Gasteiger partial charge < -0.3 is 15.2 Å². The van der Waals surface area contributed by atoms with Gasteiger partial charge in [0.05, 0.1) is 0 Å². The third kappa shape index (κ3) is 4.15. The van der Waals surface area contributed by atoms with Gasteiger partial charge in [0.25, 0.3) is 11.8 Å². The van der Waals surface area contributed by atoms with Crippen molar-refractivity contribution in [1.82, 2.24) is 15.5 Å². The molecule has 0 saturated carbocycles. The van der Waals surface area contributed by atoms with Gasteiger partial charge in [0, 0.05) is 24.4 Å². The maximum Gasteiger partial charge on any atom is 0.269 e. The number of carbonyl (C=O) groups excluding carboxylic acids is 2. The van der Waals surface area contributed by atoms with E-state index in [1.54, 1.807) is 13.0 Å². The van der Waals surface area contributed by atoms with Crippen LogP contribution in [-0.2, 0) is 0 Å². The van der Waals surface area contributed by atoms with Crippen LogP contribution in [-0.4, -0.2) is 28.5 Å². The maximum absolute atomic E-state index is 12.1. The Morgan fingerprint density at radius 3 is 2.77 bits per heavy atom. The van der Waals surface area contributed by atoms with Gasteiger partial charge >= 0.3 is 0 Å². The Bertz CT molecular complexity index is 666. The second kappa shape index (κ2) is 7.35. The predicted octanol–water partition coefficient (Wildman–Crippen LogP) is 2.16. The van der Waals surface area contributed by atoms with E-state index in [2.05, 4.69) is 20.8 Å². The van der Waals surface area contributed by atoms with E-state index in [-0.39, 0.29) is 17.5 Å². The molecule has 0 unspecified atom stereocenters. The Morgan fingerprint density at radius 2 is 2.09 bits per heavy atom. The highest BCUT2D eigenvalue weighted by Crippen LogP contribution is 2.10. The average Bonchev–Trinajstić information content (AvgIpc) is 2.92. The third-order valence-corrected chi connectivity index (χ3v) is 2.94. The standard InChI is InChI=1S/C15H18N4O3/c1-3-4-6-17-15(21)12-9-11(5-7-16-12)14(20)18-13-8-10(2)22-19-13/h5,7-9H,3-4,6H2,1-2H3,(H,17,21)(H,18,19,20). The first kappa shape index (κ1) is 15.7. The topological polar surface area (TPSA) is 97.1 Å². The molecule has 0 bridgehead atoms. The van der Waals surface area contributed by atoms with E-state index >= 15 is 0 Å². The first-order chi connectivity index (χ1) is 10.6. The molecule has 0 aliphatic carbocycles. The van der Waals surface area contributed by atoms with Gasteiger partial charge in [-0.1, -0.05) is 18.5 Å². The van der Waals surface area contributed by atoms with Crippen molar-refractivity contribution in [2.45, 2.75) is 26.7 Å². The highest BCUT2D eigenvalue weighted by atomic mass is 16.5. The van der Waals surface area contributed by atoms with Gasteiger partial charge in [-0.25, -0.2) is 0 Å². The fourth-order valence-electron chi connectivity index (χ4n) is 1.78. The number of anilines is 1. The van der Waals surface area contributed by atoms with E-state index in [1.165, 1.54) is 18.3 Å². The van der Waals surface area contributed by atoms with Gasteiger partial charge in [-0.15, -0.1) is 0 Å². The summed E-state index contributed by atoms with van der Waals surface area (Å²) < 4.78 is 4.88. The van der Waals surface area contributed by atoms with Crippen molar-refractivity contribution < 1.29 is 14.1 Å². The number of aromatic nitrogens is 2. The zero-order valence-corrected chi connectivity index (χ0v) is 12.5. The molecule has 2 N–H and O–H groups in total. The van der Waals surface area contributed by atoms with Crippen LogP contribution in [0, 0.1) is 6.92 Å². The fourth-order valence-corrected chi connectivity index (χ4v) is 1.78. The number of aryl methyl sites for hydroxylation is 1. The summed E-state index contributed by atoms with van der Waals surface area (Å²) in [4.78, 5) is 28.0. The van der Waals surface area contributed by atoms with Crippen molar-refractivity contribution in [3.8, 4) is 0 Å². The smallest absolute Gasteiger partial charge is 0.269 e. The predicted molar refractivity (Wildman–Crippen MR) is 80.7 cm³/mol. The van der Waals surface area contributed by atoms with Crippen molar-refractivity contribution >= 4 is 17.6 Å². The van der Waals surface area contributed by atoms with Gasteiger partial charge in [-0.3, -0.25) is 14.6 Å². The maximum atomic E-state index is 12.1. The molecule has 0 saturated heterocycles. The molecule has 0 aliphatic rings. The summed E-state index contributed by atoms with van der Waals surface area (Å²) in [7, 11) is 0. The van der Waals surface area contributed by atoms with Crippen molar-refractivity contribution in [1.29, 1.82) is 0 Å². The highest BCUT2D eigenvalue weighted by Gasteiger charge is 2.13. The third-order valence-electron chi connectivity index (χ3n) is 2.94. The van der Waals surface area contributed by atoms with Gasteiger partial charge in [-0.2, -0.15) is 0 Å². The molecule has 0 radical (unpaired) electrons. The largest absolute Gasteiger partial charge is 0.360 e. The van der Waals surface area contributed by atoms with Gasteiger partial charge in [0.15, 0.2) is 5.82 Å². The molecule has 0 aromatic carbocycles.